The summed E-state index contributed by atoms with van der Waals surface area (Å²) in [5.41, 5.74) is 0. The zero-order valence-corrected chi connectivity index (χ0v) is 8.64. The van der Waals surface area contributed by atoms with E-state index in [-0.39, 0.29) is 6.10 Å². The second-order valence-electron chi connectivity index (χ2n) is 3.61. The smallest absolute Gasteiger partial charge is 0.328 e. The third kappa shape index (κ3) is 3.12. The van der Waals surface area contributed by atoms with E-state index in [2.05, 4.69) is 11.8 Å². The molecule has 2 unspecified atom stereocenters. The minimum absolute atomic E-state index is 0.248. The zero-order chi connectivity index (χ0) is 10.6. The van der Waals surface area contributed by atoms with Crippen LogP contribution in [0, 0.1) is 0 Å². The summed E-state index contributed by atoms with van der Waals surface area (Å²) < 4.78 is 5.43. The van der Waals surface area contributed by atoms with E-state index in [0.717, 1.165) is 13.0 Å². The number of aliphatic carboxylic acids is 1. The van der Waals surface area contributed by atoms with E-state index < -0.39 is 5.97 Å². The molecular weight excluding hydrogens is 182 g/mol. The number of rotatable bonds is 4. The van der Waals surface area contributed by atoms with Crippen LogP contribution in [0.4, 0.5) is 0 Å². The number of carbonyl (C=O) groups is 1. The Morgan fingerprint density at radius 2 is 2.43 bits per heavy atom. The second-order valence-corrected chi connectivity index (χ2v) is 3.61. The van der Waals surface area contributed by atoms with Crippen LogP contribution in [0.3, 0.4) is 0 Å². The summed E-state index contributed by atoms with van der Waals surface area (Å²) in [6, 6.07) is 0.411. The van der Waals surface area contributed by atoms with Gasteiger partial charge in [0.05, 0.1) is 6.10 Å². The molecule has 1 fully saturated rings. The molecule has 1 aliphatic heterocycles. The lowest BCUT2D eigenvalue weighted by Gasteiger charge is -2.24. The molecule has 1 heterocycles. The fraction of sp³-hybridized carbons (Fsp3) is 0.700. The van der Waals surface area contributed by atoms with E-state index in [1.54, 1.807) is 6.08 Å². The molecule has 0 bridgehead atoms. The van der Waals surface area contributed by atoms with Gasteiger partial charge in [-0.05, 0) is 20.4 Å². The van der Waals surface area contributed by atoms with Gasteiger partial charge in [-0.1, -0.05) is 6.08 Å². The molecule has 1 rings (SSSR count). The van der Waals surface area contributed by atoms with Crippen molar-refractivity contribution in [2.24, 2.45) is 0 Å². The van der Waals surface area contributed by atoms with Gasteiger partial charge in [0.2, 0.25) is 0 Å². The van der Waals surface area contributed by atoms with Crippen LogP contribution in [0.2, 0.25) is 0 Å². The van der Waals surface area contributed by atoms with Gasteiger partial charge >= 0.3 is 5.97 Å². The number of carboxylic acids is 1. The van der Waals surface area contributed by atoms with Gasteiger partial charge in [-0.3, -0.25) is 4.90 Å². The van der Waals surface area contributed by atoms with Gasteiger partial charge in [-0.15, -0.1) is 0 Å². The van der Waals surface area contributed by atoms with E-state index in [1.807, 2.05) is 7.05 Å². The minimum atomic E-state index is -0.894. The van der Waals surface area contributed by atoms with Crippen LogP contribution in [0.1, 0.15) is 13.3 Å². The molecule has 1 aliphatic rings. The van der Waals surface area contributed by atoms with Gasteiger partial charge in [0, 0.05) is 25.3 Å². The molecule has 0 aromatic heterocycles. The lowest BCUT2D eigenvalue weighted by Crippen LogP contribution is -2.36. The summed E-state index contributed by atoms with van der Waals surface area (Å²) in [5.74, 6) is -0.894. The van der Waals surface area contributed by atoms with Crippen molar-refractivity contribution in [1.29, 1.82) is 0 Å². The molecule has 0 aliphatic carbocycles. The number of hydrogen-bond donors (Lipinski definition) is 1. The fourth-order valence-electron chi connectivity index (χ4n) is 1.75. The number of nitrogens with zero attached hydrogens (tertiary/aromatic N) is 1. The Labute approximate surface area is 84.2 Å². The normalized spacial score (nSPS) is 27.6. The molecule has 4 heteroatoms. The monoisotopic (exact) mass is 199 g/mol. The highest BCUT2D eigenvalue weighted by atomic mass is 16.5. The van der Waals surface area contributed by atoms with Crippen LogP contribution in [0.5, 0.6) is 0 Å². The Kier molecular flexibility index (Phi) is 4.10. The molecule has 1 saturated heterocycles. The van der Waals surface area contributed by atoms with Crippen molar-refractivity contribution in [2.75, 3.05) is 20.2 Å². The number of likely N-dealkylation sites (N-methyl/N-ethyl adjacent to an activating group) is 1. The van der Waals surface area contributed by atoms with Crippen LogP contribution in [-0.4, -0.2) is 48.3 Å². The summed E-state index contributed by atoms with van der Waals surface area (Å²) in [6.07, 6.45) is 4.11. The van der Waals surface area contributed by atoms with Gasteiger partial charge in [0.15, 0.2) is 0 Å². The fourth-order valence-corrected chi connectivity index (χ4v) is 1.75. The molecule has 0 spiro atoms. The molecule has 0 aromatic rings. The maximum Gasteiger partial charge on any atom is 0.328 e. The largest absolute Gasteiger partial charge is 0.478 e. The summed E-state index contributed by atoms with van der Waals surface area (Å²) in [4.78, 5) is 12.4. The third-order valence-electron chi connectivity index (χ3n) is 2.56. The van der Waals surface area contributed by atoms with Crippen LogP contribution in [-0.2, 0) is 9.53 Å². The molecule has 1 N–H and O–H groups in total. The maximum absolute atomic E-state index is 10.2. The average Bonchev–Trinajstić information content (AvgIpc) is 2.50. The van der Waals surface area contributed by atoms with Crippen molar-refractivity contribution >= 4 is 5.97 Å². The molecule has 80 valence electrons. The van der Waals surface area contributed by atoms with Crippen LogP contribution >= 0.6 is 0 Å². The summed E-state index contributed by atoms with van der Waals surface area (Å²) in [6.45, 7) is 3.51. The summed E-state index contributed by atoms with van der Waals surface area (Å²) in [5, 5.41) is 8.41. The minimum Gasteiger partial charge on any atom is -0.478 e. The van der Waals surface area contributed by atoms with E-state index in [9.17, 15) is 4.79 Å². The summed E-state index contributed by atoms with van der Waals surface area (Å²) >= 11 is 0. The number of hydrogen-bond acceptors (Lipinski definition) is 3. The van der Waals surface area contributed by atoms with Gasteiger partial charge in [-0.2, -0.15) is 0 Å². The number of ether oxygens (including phenoxy) is 1. The maximum atomic E-state index is 10.2. The van der Waals surface area contributed by atoms with E-state index in [0.29, 0.717) is 12.6 Å². The highest BCUT2D eigenvalue weighted by Crippen LogP contribution is 2.17. The molecule has 14 heavy (non-hydrogen) atoms. The second kappa shape index (κ2) is 5.12. The van der Waals surface area contributed by atoms with Crippen molar-refractivity contribution in [3.63, 3.8) is 0 Å². The van der Waals surface area contributed by atoms with Gasteiger partial charge in [-0.25, -0.2) is 4.79 Å². The van der Waals surface area contributed by atoms with E-state index in [1.165, 1.54) is 6.08 Å². The first kappa shape index (κ1) is 11.2. The predicted molar refractivity (Wildman–Crippen MR) is 53.2 cm³/mol. The van der Waals surface area contributed by atoms with Crippen molar-refractivity contribution in [3.8, 4) is 0 Å². The molecule has 4 nitrogen and oxygen atoms in total. The predicted octanol–water partition coefficient (Wildman–Crippen LogP) is 0.736. The van der Waals surface area contributed by atoms with Crippen molar-refractivity contribution < 1.29 is 14.6 Å². The molecule has 0 saturated carbocycles. The Morgan fingerprint density at radius 1 is 1.71 bits per heavy atom. The highest BCUT2D eigenvalue weighted by molar-refractivity contribution is 5.79. The van der Waals surface area contributed by atoms with Crippen LogP contribution in [0.15, 0.2) is 12.2 Å². The Hall–Kier alpha value is -0.870. The molecule has 0 radical (unpaired) electrons. The lowest BCUT2D eigenvalue weighted by molar-refractivity contribution is -0.131. The lowest BCUT2D eigenvalue weighted by atomic mass is 10.1. The Morgan fingerprint density at radius 3 is 2.93 bits per heavy atom. The standard InChI is InChI=1S/C10H17NO3/c1-8-9(5-7-14-8)11(2)6-3-4-10(12)13/h3-4,8-9H,5-7H2,1-2H3,(H,12,13)/b4-3+. The van der Waals surface area contributed by atoms with E-state index >= 15 is 0 Å². The first-order valence-corrected chi connectivity index (χ1v) is 4.82. The molecule has 0 aromatic carbocycles. The number of carboxylic acid groups (broad SMARTS) is 1. The zero-order valence-electron chi connectivity index (χ0n) is 8.64. The SMILES string of the molecule is CC1OCCC1N(C)C/C=C/C(=O)O. The quantitative estimate of drug-likeness (QED) is 0.678. The van der Waals surface area contributed by atoms with Gasteiger partial charge in [0.25, 0.3) is 0 Å². The topological polar surface area (TPSA) is 49.8 Å². The van der Waals surface area contributed by atoms with Gasteiger partial charge < -0.3 is 9.84 Å². The first-order chi connectivity index (χ1) is 6.61. The molecule has 0 amide bonds. The third-order valence-corrected chi connectivity index (χ3v) is 2.56. The van der Waals surface area contributed by atoms with Crippen LogP contribution < -0.4 is 0 Å². The summed E-state index contributed by atoms with van der Waals surface area (Å²) in [7, 11) is 1.99. The van der Waals surface area contributed by atoms with Crippen molar-refractivity contribution in [1.82, 2.24) is 4.90 Å². The highest BCUT2D eigenvalue weighted by Gasteiger charge is 2.26. The van der Waals surface area contributed by atoms with E-state index in [4.69, 9.17) is 9.84 Å². The van der Waals surface area contributed by atoms with Crippen molar-refractivity contribution in [2.45, 2.75) is 25.5 Å². The van der Waals surface area contributed by atoms with Crippen molar-refractivity contribution in [3.05, 3.63) is 12.2 Å². The van der Waals surface area contributed by atoms with Crippen LogP contribution in [0.25, 0.3) is 0 Å². The Balaban J connectivity index is 2.34. The first-order valence-electron chi connectivity index (χ1n) is 4.82. The molecular formula is C10H17NO3. The average molecular weight is 199 g/mol. The van der Waals surface area contributed by atoms with Gasteiger partial charge in [0.1, 0.15) is 0 Å². The Bertz CT molecular complexity index is 227. The molecule has 2 atom stereocenters.